The highest BCUT2D eigenvalue weighted by Crippen LogP contribution is 2.76. The molecule has 0 bridgehead atoms. The number of fused-ring (bicyclic) bond motifs is 7. The lowest BCUT2D eigenvalue weighted by molar-refractivity contribution is -0.221. The van der Waals surface area contributed by atoms with Crippen LogP contribution in [0.5, 0.6) is 0 Å². The third kappa shape index (κ3) is 4.58. The molecule has 0 aliphatic heterocycles. The predicted molar refractivity (Wildman–Crippen MR) is 182 cm³/mol. The van der Waals surface area contributed by atoms with E-state index in [2.05, 4.69) is 82.0 Å². The number of hydrogen-bond acceptors (Lipinski definition) is 3. The molecule has 0 spiro atoms. The van der Waals surface area contributed by atoms with E-state index in [0.717, 1.165) is 43.6 Å². The Morgan fingerprint density at radius 2 is 1.74 bits per heavy atom. The van der Waals surface area contributed by atoms with Crippen LogP contribution < -0.4 is 5.32 Å². The van der Waals surface area contributed by atoms with E-state index in [1.54, 1.807) is 5.57 Å². The SMILES string of the molecule is C=C(C)[C@@H]1CC[C@]2(NCCC)CC[C@]3(C)[C@H](CC[C@@H]4[C@@]5(C)CC=C(C6=CCC(C(=O)OP)CC6)C(C)(C)[C@@H]5CC[C@]43C)[C@@H]12. The fraction of sp³-hybridized carbons (Fsp3) is 0.821. The summed E-state index contributed by atoms with van der Waals surface area (Å²) in [6.07, 6.45) is 21.2. The Morgan fingerprint density at radius 1 is 0.977 bits per heavy atom. The standard InChI is InChI=1S/C39H62NO2P/c1-9-24-40-39-21-16-28(25(2)3)33(39)30-14-15-32-36(6)19-17-29(26-10-12-27(13-11-26)34(41)42-43)35(4,5)31(36)18-20-38(32,8)37(30,7)22-23-39/h10,17,27-28,30-33,40H,2,9,11-16,18-24,43H2,1,3-8H3/t27?,28-,30+,31-,32+,33+,36-,37+,38+,39-/m0/s1. The van der Waals surface area contributed by atoms with Crippen LogP contribution in [0.2, 0.25) is 0 Å². The number of carbonyl (C=O) groups is 1. The lowest BCUT2D eigenvalue weighted by Gasteiger charge is -2.72. The Morgan fingerprint density at radius 3 is 2.40 bits per heavy atom. The van der Waals surface area contributed by atoms with E-state index in [0.29, 0.717) is 33.6 Å². The molecule has 0 aromatic rings. The summed E-state index contributed by atoms with van der Waals surface area (Å²) in [5.41, 5.74) is 6.16. The molecular formula is C39H62NO2P. The lowest BCUT2D eigenvalue weighted by Crippen LogP contribution is -2.68. The molecule has 6 aliphatic carbocycles. The fourth-order valence-corrected chi connectivity index (χ4v) is 13.6. The van der Waals surface area contributed by atoms with Crippen molar-refractivity contribution in [3.05, 3.63) is 35.5 Å². The van der Waals surface area contributed by atoms with Gasteiger partial charge in [-0.3, -0.25) is 4.79 Å². The number of hydrogen-bond donors (Lipinski definition) is 1. The molecule has 0 aromatic carbocycles. The minimum absolute atomic E-state index is 0.0147. The highest BCUT2D eigenvalue weighted by molar-refractivity contribution is 7.10. The molecule has 0 amide bonds. The molecule has 1 N–H and O–H groups in total. The van der Waals surface area contributed by atoms with Crippen LogP contribution in [0.1, 0.15) is 132 Å². The first kappa shape index (κ1) is 32.0. The first-order valence-corrected chi connectivity index (χ1v) is 18.5. The largest absolute Gasteiger partial charge is 0.451 e. The van der Waals surface area contributed by atoms with Crippen LogP contribution >= 0.6 is 9.47 Å². The number of rotatable bonds is 6. The van der Waals surface area contributed by atoms with Crippen LogP contribution in [0, 0.1) is 57.2 Å². The molecule has 0 aromatic heterocycles. The minimum atomic E-state index is -0.0753. The number of carbonyl (C=O) groups excluding carboxylic acids is 1. The smallest absolute Gasteiger partial charge is 0.311 e. The van der Waals surface area contributed by atoms with Crippen molar-refractivity contribution in [1.82, 2.24) is 5.32 Å². The second kappa shape index (κ2) is 11.1. The van der Waals surface area contributed by atoms with Gasteiger partial charge in [-0.1, -0.05) is 65.8 Å². The van der Waals surface area contributed by atoms with Crippen LogP contribution in [-0.2, 0) is 9.32 Å². The van der Waals surface area contributed by atoms with Crippen molar-refractivity contribution in [2.45, 2.75) is 137 Å². The van der Waals surface area contributed by atoms with Gasteiger partial charge in [0.05, 0.1) is 15.4 Å². The summed E-state index contributed by atoms with van der Waals surface area (Å²) in [6.45, 7) is 23.8. The van der Waals surface area contributed by atoms with Gasteiger partial charge in [-0.25, -0.2) is 0 Å². The first-order chi connectivity index (χ1) is 20.3. The summed E-state index contributed by atoms with van der Waals surface area (Å²) < 4.78 is 4.99. The molecule has 2 unspecified atom stereocenters. The van der Waals surface area contributed by atoms with E-state index in [9.17, 15) is 4.79 Å². The zero-order chi connectivity index (χ0) is 31.0. The predicted octanol–water partition coefficient (Wildman–Crippen LogP) is 9.99. The molecule has 4 fully saturated rings. The van der Waals surface area contributed by atoms with Crippen molar-refractivity contribution >= 4 is 15.4 Å². The number of nitrogens with one attached hydrogen (secondary N) is 1. The maximum Gasteiger partial charge on any atom is 0.311 e. The van der Waals surface area contributed by atoms with Crippen molar-refractivity contribution < 1.29 is 9.32 Å². The normalized spacial score (nSPS) is 46.8. The van der Waals surface area contributed by atoms with Crippen molar-refractivity contribution in [3.8, 4) is 0 Å². The van der Waals surface area contributed by atoms with Gasteiger partial charge in [0.25, 0.3) is 0 Å². The van der Waals surface area contributed by atoms with Crippen LogP contribution in [-0.4, -0.2) is 18.1 Å². The summed E-state index contributed by atoms with van der Waals surface area (Å²) >= 11 is 0. The van der Waals surface area contributed by atoms with E-state index in [4.69, 9.17) is 4.52 Å². The molecular weight excluding hydrogens is 545 g/mol. The zero-order valence-electron chi connectivity index (χ0n) is 28.6. The second-order valence-electron chi connectivity index (χ2n) is 17.4. The van der Waals surface area contributed by atoms with E-state index < -0.39 is 0 Å². The van der Waals surface area contributed by atoms with Gasteiger partial charge in [0, 0.05) is 5.54 Å². The second-order valence-corrected chi connectivity index (χ2v) is 17.7. The highest BCUT2D eigenvalue weighted by atomic mass is 31.0. The topological polar surface area (TPSA) is 38.3 Å². The molecule has 11 atom stereocenters. The Kier molecular flexibility index (Phi) is 8.28. The summed E-state index contributed by atoms with van der Waals surface area (Å²) in [4.78, 5) is 12.2. The molecule has 240 valence electrons. The van der Waals surface area contributed by atoms with Crippen molar-refractivity contribution in [1.29, 1.82) is 0 Å². The Bertz CT molecular complexity index is 1200. The summed E-state index contributed by atoms with van der Waals surface area (Å²) in [6, 6.07) is 0. The maximum absolute atomic E-state index is 12.2. The average Bonchev–Trinajstić information content (AvgIpc) is 3.36. The van der Waals surface area contributed by atoms with E-state index in [1.807, 2.05) is 0 Å². The van der Waals surface area contributed by atoms with Crippen LogP contribution in [0.3, 0.4) is 0 Å². The molecule has 0 radical (unpaired) electrons. The van der Waals surface area contributed by atoms with Gasteiger partial charge in [-0.15, -0.1) is 0 Å². The van der Waals surface area contributed by atoms with Gasteiger partial charge in [0.15, 0.2) is 0 Å². The Labute approximate surface area is 266 Å². The summed E-state index contributed by atoms with van der Waals surface area (Å²) in [5.74, 6) is 3.65. The molecule has 4 saturated carbocycles. The number of allylic oxidation sites excluding steroid dienone is 5. The van der Waals surface area contributed by atoms with Crippen molar-refractivity contribution in [2.75, 3.05) is 6.54 Å². The van der Waals surface area contributed by atoms with E-state index in [-0.39, 0.29) is 17.3 Å². The van der Waals surface area contributed by atoms with Gasteiger partial charge >= 0.3 is 5.97 Å². The van der Waals surface area contributed by atoms with Gasteiger partial charge in [0.2, 0.25) is 0 Å². The molecule has 0 saturated heterocycles. The zero-order valence-corrected chi connectivity index (χ0v) is 29.8. The Hall–Kier alpha value is -0.920. The third-order valence-electron chi connectivity index (χ3n) is 15.6. The molecule has 0 heterocycles. The lowest BCUT2D eigenvalue weighted by atomic mass is 9.33. The van der Waals surface area contributed by atoms with E-state index in [1.165, 1.54) is 75.4 Å². The third-order valence-corrected chi connectivity index (χ3v) is 15.8. The molecule has 4 heteroatoms. The average molecular weight is 608 g/mol. The highest BCUT2D eigenvalue weighted by Gasteiger charge is 2.70. The molecule has 6 aliphatic rings. The van der Waals surface area contributed by atoms with Crippen LogP contribution in [0.15, 0.2) is 35.5 Å². The quantitative estimate of drug-likeness (QED) is 0.241. The van der Waals surface area contributed by atoms with Crippen molar-refractivity contribution in [3.63, 3.8) is 0 Å². The van der Waals surface area contributed by atoms with Crippen LogP contribution in [0.25, 0.3) is 0 Å². The van der Waals surface area contributed by atoms with Crippen LogP contribution in [0.4, 0.5) is 0 Å². The van der Waals surface area contributed by atoms with Crippen molar-refractivity contribution in [2.24, 2.45) is 57.2 Å². The fourth-order valence-electron chi connectivity index (χ4n) is 13.4. The molecule has 3 nitrogen and oxygen atoms in total. The maximum atomic E-state index is 12.2. The van der Waals surface area contributed by atoms with Gasteiger partial charge in [-0.2, -0.15) is 0 Å². The van der Waals surface area contributed by atoms with Gasteiger partial charge in [-0.05, 0) is 159 Å². The summed E-state index contributed by atoms with van der Waals surface area (Å²) in [5, 5.41) is 4.20. The first-order valence-electron chi connectivity index (χ1n) is 18.0. The minimum Gasteiger partial charge on any atom is -0.451 e. The van der Waals surface area contributed by atoms with Gasteiger partial charge < -0.3 is 9.84 Å². The monoisotopic (exact) mass is 607 g/mol. The van der Waals surface area contributed by atoms with E-state index >= 15 is 0 Å². The molecule has 6 rings (SSSR count). The Balaban J connectivity index is 1.31. The summed E-state index contributed by atoms with van der Waals surface area (Å²) in [7, 11) is 2.14. The van der Waals surface area contributed by atoms with Gasteiger partial charge in [0.1, 0.15) is 0 Å². The molecule has 43 heavy (non-hydrogen) atoms.